The third-order valence-electron chi connectivity index (χ3n) is 17.4. The first-order valence-corrected chi connectivity index (χ1v) is 28.9. The van der Waals surface area contributed by atoms with Crippen molar-refractivity contribution in [3.8, 4) is 0 Å². The summed E-state index contributed by atoms with van der Waals surface area (Å²) in [5.41, 5.74) is 1.21. The first kappa shape index (κ1) is 58.6. The number of carbonyl (C=O) groups is 4. The SMILES string of the molecule is CC(C)C[C@H](NC(=O)[C@@H](O)[C@H](C)Cc1ccccc1)C(=O)NCCN(C)[C@@H]1C[C@@H]2CN(CCC(=O)NCCCNc3cc(N4CCC5(CC4)CN(c4cc(F)c(CN6CCC(C)(C)CC6)cc4F)CC(=O)N5)ncn3)C[C@@H]2C1. The maximum Gasteiger partial charge on any atom is 0.249 e. The van der Waals surface area contributed by atoms with Gasteiger partial charge in [0.25, 0.3) is 0 Å². The second kappa shape index (κ2) is 26.6. The number of likely N-dealkylation sites (N-methyl/N-ethyl adjacent to an activating group) is 1. The molecule has 428 valence electrons. The maximum absolute atomic E-state index is 15.7. The summed E-state index contributed by atoms with van der Waals surface area (Å²) in [6.45, 7) is 19.1. The van der Waals surface area contributed by atoms with Crippen molar-refractivity contribution in [2.24, 2.45) is 29.1 Å². The van der Waals surface area contributed by atoms with Gasteiger partial charge in [-0.1, -0.05) is 65.0 Å². The Morgan fingerprint density at radius 3 is 2.28 bits per heavy atom. The van der Waals surface area contributed by atoms with E-state index in [9.17, 15) is 24.3 Å². The molecule has 1 aromatic heterocycles. The highest BCUT2D eigenvalue weighted by Gasteiger charge is 2.44. The van der Waals surface area contributed by atoms with Gasteiger partial charge in [-0.25, -0.2) is 18.7 Å². The van der Waals surface area contributed by atoms with Crippen LogP contribution >= 0.6 is 0 Å². The Morgan fingerprint density at radius 2 is 1.58 bits per heavy atom. The number of hydrogen-bond acceptors (Lipinski definition) is 13. The highest BCUT2D eigenvalue weighted by atomic mass is 19.1. The Labute approximate surface area is 461 Å². The average molecular weight is 1080 g/mol. The zero-order valence-corrected chi connectivity index (χ0v) is 47.2. The highest BCUT2D eigenvalue weighted by Crippen LogP contribution is 2.40. The van der Waals surface area contributed by atoms with Gasteiger partial charge in [0.05, 0.1) is 17.8 Å². The summed E-state index contributed by atoms with van der Waals surface area (Å²) in [6.07, 6.45) is 7.97. The summed E-state index contributed by atoms with van der Waals surface area (Å²) in [5.74, 6) is 0.634. The Morgan fingerprint density at radius 1 is 0.859 bits per heavy atom. The van der Waals surface area contributed by atoms with Gasteiger partial charge in [-0.2, -0.15) is 0 Å². The fourth-order valence-electron chi connectivity index (χ4n) is 12.5. The molecule has 5 heterocycles. The quantitative estimate of drug-likeness (QED) is 0.0644. The molecule has 4 amide bonds. The van der Waals surface area contributed by atoms with Crippen molar-refractivity contribution in [3.05, 3.63) is 77.6 Å². The Kier molecular flexibility index (Phi) is 20.0. The van der Waals surface area contributed by atoms with Crippen molar-refractivity contribution in [2.75, 3.05) is 107 Å². The third-order valence-corrected chi connectivity index (χ3v) is 17.4. The van der Waals surface area contributed by atoms with E-state index in [0.29, 0.717) is 114 Å². The normalized spacial score (nSPS) is 22.5. The Bertz CT molecular complexity index is 2470. The van der Waals surface area contributed by atoms with E-state index in [1.54, 1.807) is 4.90 Å². The van der Waals surface area contributed by atoms with Crippen LogP contribution < -0.4 is 36.4 Å². The number of rotatable bonds is 24. The van der Waals surface area contributed by atoms with Crippen molar-refractivity contribution >= 4 is 41.0 Å². The van der Waals surface area contributed by atoms with Gasteiger partial charge in [0, 0.05) is 102 Å². The van der Waals surface area contributed by atoms with Crippen molar-refractivity contribution in [3.63, 3.8) is 0 Å². The monoisotopic (exact) mass is 1080 g/mol. The van der Waals surface area contributed by atoms with Crippen LogP contribution in [0.25, 0.3) is 0 Å². The van der Waals surface area contributed by atoms with E-state index >= 15 is 8.78 Å². The minimum atomic E-state index is -1.22. The standard InChI is InChI=1S/C59H88F2N12O5/c1-40(2)27-49(67-57(78)55(76)41(3)28-42-11-8-7-9-12-42)56(77)64-20-26-69(6)46-29-43-34-71(35-44(43)30-46)21-13-53(74)63-19-10-18-62-51-33-52(66-39-65-51)72-24-16-59(17-25-72)38-73(37-54(75)68-59)50-32-47(60)45(31-48(50)61)36-70-22-14-58(4,5)15-23-70/h7-9,11-12,31-33,39-41,43-44,46,49,55,76H,10,13-30,34-38H2,1-6H3,(H,63,74)(H,64,77)(H,67,78)(H,68,75)(H,62,65,66)/t41-,43-,44+,46-,49+,55+/m1/s1. The molecule has 8 rings (SSSR count). The number of piperazine rings is 1. The lowest BCUT2D eigenvalue weighted by Gasteiger charge is -2.48. The van der Waals surface area contributed by atoms with Crippen LogP contribution in [0.15, 0.2) is 54.9 Å². The number of aromatic nitrogens is 2. The minimum Gasteiger partial charge on any atom is -0.383 e. The molecule has 5 aliphatic rings. The average Bonchev–Trinajstić information content (AvgIpc) is 4.07. The fraction of sp³-hybridized carbons (Fsp3) is 0.661. The number of anilines is 3. The molecule has 3 aromatic rings. The van der Waals surface area contributed by atoms with Crippen molar-refractivity contribution < 1.29 is 33.1 Å². The largest absolute Gasteiger partial charge is 0.383 e. The fourth-order valence-corrected chi connectivity index (χ4v) is 12.5. The molecule has 19 heteroatoms. The van der Waals surface area contributed by atoms with Crippen LogP contribution in [0.1, 0.15) is 104 Å². The van der Waals surface area contributed by atoms with Crippen molar-refractivity contribution in [2.45, 2.75) is 129 Å². The number of benzene rings is 2. The molecular weight excluding hydrogens is 995 g/mol. The van der Waals surface area contributed by atoms with Gasteiger partial charge in [0.1, 0.15) is 41.7 Å². The zero-order valence-electron chi connectivity index (χ0n) is 47.2. The van der Waals surface area contributed by atoms with Crippen LogP contribution in [0.2, 0.25) is 0 Å². The number of piperidine rings is 2. The first-order valence-electron chi connectivity index (χ1n) is 28.9. The lowest BCUT2D eigenvalue weighted by atomic mass is 9.82. The number of carbonyl (C=O) groups excluding carboxylic acids is 4. The van der Waals surface area contributed by atoms with E-state index in [1.807, 2.05) is 57.2 Å². The van der Waals surface area contributed by atoms with E-state index in [-0.39, 0.29) is 47.2 Å². The number of likely N-dealkylation sites (tertiary alicyclic amines) is 2. The Hall–Kier alpha value is -5.50. The predicted molar refractivity (Wildman–Crippen MR) is 301 cm³/mol. The second-order valence-electron chi connectivity index (χ2n) is 24.6. The molecule has 5 fully saturated rings. The summed E-state index contributed by atoms with van der Waals surface area (Å²) in [6, 6.07) is 14.0. The van der Waals surface area contributed by atoms with E-state index in [1.165, 1.54) is 18.5 Å². The second-order valence-corrected chi connectivity index (χ2v) is 24.6. The minimum absolute atomic E-state index is 0.0305. The molecule has 6 N–H and O–H groups in total. The van der Waals surface area contributed by atoms with Crippen LogP contribution in [0.4, 0.5) is 26.1 Å². The van der Waals surface area contributed by atoms with E-state index in [0.717, 1.165) is 76.2 Å². The first-order chi connectivity index (χ1) is 37.3. The van der Waals surface area contributed by atoms with Gasteiger partial charge < -0.3 is 51.3 Å². The molecule has 1 spiro atoms. The summed E-state index contributed by atoms with van der Waals surface area (Å²) < 4.78 is 31.2. The molecule has 1 aliphatic carbocycles. The van der Waals surface area contributed by atoms with Crippen molar-refractivity contribution in [1.29, 1.82) is 0 Å². The molecular formula is C59H88F2N12O5. The van der Waals surface area contributed by atoms with E-state index in [2.05, 4.69) is 77.0 Å². The molecule has 0 bridgehead atoms. The molecule has 4 saturated heterocycles. The molecule has 0 radical (unpaired) electrons. The number of aliphatic hydroxyl groups is 1. The molecule has 1 saturated carbocycles. The summed E-state index contributed by atoms with van der Waals surface area (Å²) >= 11 is 0. The van der Waals surface area contributed by atoms with Crippen LogP contribution in [-0.4, -0.2) is 169 Å². The summed E-state index contributed by atoms with van der Waals surface area (Å²) in [7, 11) is 2.12. The van der Waals surface area contributed by atoms with Crippen LogP contribution in [0.3, 0.4) is 0 Å². The zero-order chi connectivity index (χ0) is 55.6. The van der Waals surface area contributed by atoms with E-state index in [4.69, 9.17) is 0 Å². The highest BCUT2D eigenvalue weighted by molar-refractivity contribution is 5.89. The van der Waals surface area contributed by atoms with Gasteiger partial charge in [0.15, 0.2) is 0 Å². The van der Waals surface area contributed by atoms with Gasteiger partial charge >= 0.3 is 0 Å². The van der Waals surface area contributed by atoms with Crippen LogP contribution in [0, 0.1) is 40.7 Å². The number of hydrogen-bond donors (Lipinski definition) is 6. The molecule has 78 heavy (non-hydrogen) atoms. The van der Waals surface area contributed by atoms with Crippen LogP contribution in [-0.2, 0) is 32.1 Å². The number of amides is 4. The molecule has 2 aromatic carbocycles. The lowest BCUT2D eigenvalue weighted by Crippen LogP contribution is -2.66. The van der Waals surface area contributed by atoms with E-state index < -0.39 is 35.2 Å². The lowest BCUT2D eigenvalue weighted by molar-refractivity contribution is -0.136. The maximum atomic E-state index is 15.7. The molecule has 6 atom stereocenters. The predicted octanol–water partition coefficient (Wildman–Crippen LogP) is 5.19. The number of nitrogens with one attached hydrogen (secondary N) is 5. The van der Waals surface area contributed by atoms with Gasteiger partial charge in [-0.05, 0) is 119 Å². The van der Waals surface area contributed by atoms with Crippen molar-refractivity contribution in [1.82, 2.24) is 45.9 Å². The molecule has 4 aliphatic heterocycles. The third kappa shape index (κ3) is 16.1. The number of fused-ring (bicyclic) bond motifs is 1. The number of nitrogens with zero attached hydrogens (tertiary/aromatic N) is 7. The summed E-state index contributed by atoms with van der Waals surface area (Å²) in [5, 5.41) is 26.3. The smallest absolute Gasteiger partial charge is 0.249 e. The topological polar surface area (TPSA) is 191 Å². The molecule has 17 nitrogen and oxygen atoms in total. The Balaban J connectivity index is 0.684. The van der Waals surface area contributed by atoms with Gasteiger partial charge in [0.2, 0.25) is 23.6 Å². The van der Waals surface area contributed by atoms with Gasteiger partial charge in [-0.3, -0.25) is 24.1 Å². The number of halogens is 2. The summed E-state index contributed by atoms with van der Waals surface area (Å²) in [4.78, 5) is 72.1. The molecule has 0 unspecified atom stereocenters. The van der Waals surface area contributed by atoms with Gasteiger partial charge in [-0.15, -0.1) is 0 Å². The number of aliphatic hydroxyl groups excluding tert-OH is 1. The van der Waals surface area contributed by atoms with Crippen LogP contribution in [0.5, 0.6) is 0 Å².